The van der Waals surface area contributed by atoms with Crippen molar-refractivity contribution in [2.24, 2.45) is 0 Å². The number of hydrogen-bond donors (Lipinski definition) is 3. The zero-order valence-electron chi connectivity index (χ0n) is 11.5. The fraction of sp³-hybridized carbons (Fsp3) is 0.455. The van der Waals surface area contributed by atoms with E-state index >= 15 is 0 Å². The van der Waals surface area contributed by atoms with Gasteiger partial charge in [-0.2, -0.15) is 5.10 Å². The van der Waals surface area contributed by atoms with Gasteiger partial charge in [0.05, 0.1) is 6.04 Å². The Balaban J connectivity index is 2.27. The Labute approximate surface area is 121 Å². The summed E-state index contributed by atoms with van der Waals surface area (Å²) in [6.45, 7) is 3.99. The summed E-state index contributed by atoms with van der Waals surface area (Å²) in [5.74, 6) is 0. The van der Waals surface area contributed by atoms with Crippen LogP contribution in [0.1, 0.15) is 29.2 Å². The van der Waals surface area contributed by atoms with E-state index < -0.39 is 10.0 Å². The molecule has 0 bridgehead atoms. The van der Waals surface area contributed by atoms with Crippen LogP contribution in [0.25, 0.3) is 0 Å². The van der Waals surface area contributed by atoms with Gasteiger partial charge in [0.1, 0.15) is 5.01 Å². The fourth-order valence-corrected chi connectivity index (χ4v) is 3.95. The number of H-pyrrole nitrogens is 1. The van der Waals surface area contributed by atoms with Crippen molar-refractivity contribution >= 4 is 21.4 Å². The van der Waals surface area contributed by atoms with E-state index in [9.17, 15) is 8.42 Å². The van der Waals surface area contributed by atoms with E-state index in [2.05, 4.69) is 25.2 Å². The van der Waals surface area contributed by atoms with E-state index in [-0.39, 0.29) is 11.1 Å². The van der Waals surface area contributed by atoms with Crippen LogP contribution in [0.3, 0.4) is 0 Å². The number of hydrogen-bond acceptors (Lipinski definition) is 6. The van der Waals surface area contributed by atoms with Crippen molar-refractivity contribution in [3.63, 3.8) is 0 Å². The summed E-state index contributed by atoms with van der Waals surface area (Å²) in [5, 5.41) is 12.1. The number of nitrogens with one attached hydrogen (secondary N) is 3. The first kappa shape index (κ1) is 15.1. The van der Waals surface area contributed by atoms with Crippen LogP contribution in [0.15, 0.2) is 16.6 Å². The average Bonchev–Trinajstić information content (AvgIpc) is 3.00. The van der Waals surface area contributed by atoms with E-state index in [1.165, 1.54) is 11.3 Å². The van der Waals surface area contributed by atoms with Crippen molar-refractivity contribution in [2.45, 2.75) is 31.5 Å². The first-order valence-corrected chi connectivity index (χ1v) is 8.42. The monoisotopic (exact) mass is 315 g/mol. The standard InChI is InChI=1S/C11H17N5O2S2/c1-7-9(6-12-3)11(15-14-7)20(17,18)16-8(2)10-13-4-5-19-10/h4-5,8,12,16H,6H2,1-3H3,(H,14,15). The van der Waals surface area contributed by atoms with E-state index in [0.29, 0.717) is 12.1 Å². The minimum atomic E-state index is -3.68. The molecule has 2 rings (SSSR count). The number of aryl methyl sites for hydroxylation is 1. The van der Waals surface area contributed by atoms with Crippen LogP contribution in [0.2, 0.25) is 0 Å². The Morgan fingerprint density at radius 2 is 2.25 bits per heavy atom. The molecule has 0 saturated heterocycles. The predicted octanol–water partition coefficient (Wildman–Crippen LogP) is 0.934. The molecule has 1 unspecified atom stereocenters. The van der Waals surface area contributed by atoms with Gasteiger partial charge in [0.25, 0.3) is 10.0 Å². The van der Waals surface area contributed by atoms with Crippen LogP contribution in [0.4, 0.5) is 0 Å². The SMILES string of the molecule is CNCc1c(S(=O)(=O)NC(C)c2nccs2)n[nH]c1C. The molecule has 7 nitrogen and oxygen atoms in total. The van der Waals surface area contributed by atoms with Crippen molar-refractivity contribution in [3.8, 4) is 0 Å². The van der Waals surface area contributed by atoms with E-state index in [1.807, 2.05) is 5.38 Å². The van der Waals surface area contributed by atoms with Crippen LogP contribution in [-0.2, 0) is 16.6 Å². The van der Waals surface area contributed by atoms with E-state index in [0.717, 1.165) is 10.7 Å². The Hall–Kier alpha value is -1.29. The highest BCUT2D eigenvalue weighted by molar-refractivity contribution is 7.89. The Bertz CT molecular complexity index is 663. The summed E-state index contributed by atoms with van der Waals surface area (Å²) in [5.41, 5.74) is 1.38. The quantitative estimate of drug-likeness (QED) is 0.736. The minimum absolute atomic E-state index is 0.0350. The number of thiazole rings is 1. The van der Waals surface area contributed by atoms with Gasteiger partial charge in [0, 0.05) is 29.4 Å². The van der Waals surface area contributed by atoms with Crippen LogP contribution < -0.4 is 10.0 Å². The Morgan fingerprint density at radius 1 is 1.50 bits per heavy atom. The second-order valence-corrected chi connectivity index (χ2v) is 6.93. The lowest BCUT2D eigenvalue weighted by Crippen LogP contribution is -2.28. The molecular formula is C11H17N5O2S2. The van der Waals surface area contributed by atoms with Gasteiger partial charge in [-0.25, -0.2) is 18.1 Å². The molecule has 0 aliphatic heterocycles. The normalized spacial score (nSPS) is 13.6. The molecule has 0 saturated carbocycles. The molecule has 2 heterocycles. The Morgan fingerprint density at radius 3 is 2.85 bits per heavy atom. The smallest absolute Gasteiger partial charge is 0.260 e. The zero-order valence-corrected chi connectivity index (χ0v) is 13.1. The molecule has 2 aromatic rings. The third kappa shape index (κ3) is 3.06. The zero-order chi connectivity index (χ0) is 14.8. The first-order valence-electron chi connectivity index (χ1n) is 6.06. The van der Waals surface area contributed by atoms with E-state index in [1.54, 1.807) is 27.1 Å². The minimum Gasteiger partial charge on any atom is -0.316 e. The second-order valence-electron chi connectivity index (χ2n) is 4.38. The molecule has 0 aliphatic carbocycles. The highest BCUT2D eigenvalue weighted by Crippen LogP contribution is 2.20. The summed E-state index contributed by atoms with van der Waals surface area (Å²) < 4.78 is 27.4. The van der Waals surface area contributed by atoms with Gasteiger partial charge in [-0.05, 0) is 20.9 Å². The number of aromatic amines is 1. The molecule has 0 fully saturated rings. The van der Waals surface area contributed by atoms with Gasteiger partial charge in [0.15, 0.2) is 5.03 Å². The molecule has 0 spiro atoms. The third-order valence-electron chi connectivity index (χ3n) is 2.80. The number of nitrogens with zero attached hydrogens (tertiary/aromatic N) is 2. The topological polar surface area (TPSA) is 99.8 Å². The van der Waals surface area contributed by atoms with Crippen molar-refractivity contribution in [1.29, 1.82) is 0 Å². The lowest BCUT2D eigenvalue weighted by molar-refractivity contribution is 0.560. The predicted molar refractivity (Wildman–Crippen MR) is 76.9 cm³/mol. The van der Waals surface area contributed by atoms with Crippen LogP contribution in [-0.4, -0.2) is 30.6 Å². The van der Waals surface area contributed by atoms with Gasteiger partial charge in [-0.3, -0.25) is 5.10 Å². The molecule has 20 heavy (non-hydrogen) atoms. The van der Waals surface area contributed by atoms with Gasteiger partial charge >= 0.3 is 0 Å². The van der Waals surface area contributed by atoms with Crippen molar-refractivity contribution < 1.29 is 8.42 Å². The molecule has 110 valence electrons. The molecule has 0 aromatic carbocycles. The highest BCUT2D eigenvalue weighted by atomic mass is 32.2. The van der Waals surface area contributed by atoms with Crippen LogP contribution in [0, 0.1) is 6.92 Å². The third-order valence-corrected chi connectivity index (χ3v) is 5.27. The van der Waals surface area contributed by atoms with Crippen LogP contribution >= 0.6 is 11.3 Å². The second kappa shape index (κ2) is 6.00. The largest absolute Gasteiger partial charge is 0.316 e. The maximum absolute atomic E-state index is 12.4. The van der Waals surface area contributed by atoms with Gasteiger partial charge in [0.2, 0.25) is 0 Å². The van der Waals surface area contributed by atoms with Gasteiger partial charge in [-0.15, -0.1) is 11.3 Å². The first-order chi connectivity index (χ1) is 9.45. The molecule has 3 N–H and O–H groups in total. The van der Waals surface area contributed by atoms with Gasteiger partial charge in [-0.1, -0.05) is 0 Å². The maximum Gasteiger partial charge on any atom is 0.260 e. The van der Waals surface area contributed by atoms with Gasteiger partial charge < -0.3 is 5.32 Å². The Kier molecular flexibility index (Phi) is 4.53. The summed E-state index contributed by atoms with van der Waals surface area (Å²) in [4.78, 5) is 4.11. The summed E-state index contributed by atoms with van der Waals surface area (Å²) in [6.07, 6.45) is 1.65. The molecular weight excluding hydrogens is 298 g/mol. The molecule has 9 heteroatoms. The lowest BCUT2D eigenvalue weighted by Gasteiger charge is -2.11. The van der Waals surface area contributed by atoms with Crippen molar-refractivity contribution in [2.75, 3.05) is 7.05 Å². The lowest BCUT2D eigenvalue weighted by atomic mass is 10.3. The summed E-state index contributed by atoms with van der Waals surface area (Å²) in [6, 6.07) is -0.389. The molecule has 0 radical (unpaired) electrons. The molecule has 0 amide bonds. The number of rotatable bonds is 6. The fourth-order valence-electron chi connectivity index (χ4n) is 1.82. The maximum atomic E-state index is 12.4. The molecule has 2 aromatic heterocycles. The number of sulfonamides is 1. The summed E-state index contributed by atoms with van der Waals surface area (Å²) >= 11 is 1.41. The van der Waals surface area contributed by atoms with Crippen molar-refractivity contribution in [1.82, 2.24) is 25.2 Å². The average molecular weight is 315 g/mol. The molecule has 0 aliphatic rings. The van der Waals surface area contributed by atoms with E-state index in [4.69, 9.17) is 0 Å². The highest BCUT2D eigenvalue weighted by Gasteiger charge is 2.26. The van der Waals surface area contributed by atoms with Crippen LogP contribution in [0.5, 0.6) is 0 Å². The summed E-state index contributed by atoms with van der Waals surface area (Å²) in [7, 11) is -1.92. The molecule has 1 atom stereocenters. The van der Waals surface area contributed by atoms with Crippen molar-refractivity contribution in [3.05, 3.63) is 27.8 Å². The number of aromatic nitrogens is 3.